The lowest BCUT2D eigenvalue weighted by Gasteiger charge is -2.38. The molecule has 0 unspecified atom stereocenters. The molecule has 2 rings (SSSR count). The number of piperidine rings is 1. The van der Waals surface area contributed by atoms with E-state index in [0.29, 0.717) is 11.3 Å². The van der Waals surface area contributed by atoms with Crippen LogP contribution in [0, 0.1) is 11.3 Å². The van der Waals surface area contributed by atoms with Crippen molar-refractivity contribution in [2.45, 2.75) is 46.5 Å². The zero-order valence-corrected chi connectivity index (χ0v) is 13.2. The molecule has 1 spiro atoms. The number of rotatable bonds is 3. The molecule has 0 bridgehead atoms. The first-order valence-electron chi connectivity index (χ1n) is 7.60. The van der Waals surface area contributed by atoms with Gasteiger partial charge in [0.15, 0.2) is 0 Å². The fourth-order valence-corrected chi connectivity index (χ4v) is 3.54. The van der Waals surface area contributed by atoms with Crippen LogP contribution in [0.15, 0.2) is 35.5 Å². The zero-order chi connectivity index (χ0) is 14.2. The van der Waals surface area contributed by atoms with Crippen LogP contribution in [-0.4, -0.2) is 25.0 Å². The molecule has 0 amide bonds. The monoisotopic (exact) mass is 259 g/mol. The van der Waals surface area contributed by atoms with E-state index in [-0.39, 0.29) is 0 Å². The van der Waals surface area contributed by atoms with E-state index in [4.69, 9.17) is 0 Å². The number of allylic oxidation sites excluding steroid dienone is 4. The normalized spacial score (nSPS) is 23.4. The van der Waals surface area contributed by atoms with Gasteiger partial charge in [-0.05, 0) is 80.8 Å². The molecular weight excluding hydrogens is 230 g/mol. The molecule has 19 heavy (non-hydrogen) atoms. The quantitative estimate of drug-likeness (QED) is 0.717. The van der Waals surface area contributed by atoms with Gasteiger partial charge in [-0.25, -0.2) is 0 Å². The summed E-state index contributed by atoms with van der Waals surface area (Å²) >= 11 is 0. The fraction of sp³-hybridized carbons (Fsp3) is 0.667. The van der Waals surface area contributed by atoms with Crippen LogP contribution < -0.4 is 0 Å². The number of hydrogen-bond donors (Lipinski definition) is 0. The largest absolute Gasteiger partial charge is 0.306 e. The van der Waals surface area contributed by atoms with Gasteiger partial charge in [0.05, 0.1) is 0 Å². The maximum atomic E-state index is 4.35. The highest BCUT2D eigenvalue weighted by atomic mass is 15.1. The van der Waals surface area contributed by atoms with E-state index in [1.165, 1.54) is 61.1 Å². The summed E-state index contributed by atoms with van der Waals surface area (Å²) in [5.41, 5.74) is 6.16. The molecule has 1 heterocycles. The van der Waals surface area contributed by atoms with Gasteiger partial charge in [0.1, 0.15) is 0 Å². The Balaban J connectivity index is 2.22. The predicted molar refractivity (Wildman–Crippen MR) is 84.2 cm³/mol. The maximum Gasteiger partial charge on any atom is -0.00163 e. The molecule has 0 aromatic carbocycles. The molecule has 1 heteroatoms. The minimum absolute atomic E-state index is 0.508. The molecule has 0 aromatic rings. The third-order valence-corrected chi connectivity index (χ3v) is 5.12. The first-order chi connectivity index (χ1) is 8.84. The second-order valence-electron chi connectivity index (χ2n) is 7.07. The highest BCUT2D eigenvalue weighted by Crippen LogP contribution is 2.52. The van der Waals surface area contributed by atoms with Gasteiger partial charge >= 0.3 is 0 Å². The summed E-state index contributed by atoms with van der Waals surface area (Å²) in [5, 5.41) is 0. The van der Waals surface area contributed by atoms with Crippen LogP contribution in [0.3, 0.4) is 0 Å². The zero-order valence-electron chi connectivity index (χ0n) is 13.2. The van der Waals surface area contributed by atoms with E-state index in [1.54, 1.807) is 0 Å². The minimum atomic E-state index is 0.508. The van der Waals surface area contributed by atoms with Crippen LogP contribution in [0.1, 0.15) is 46.5 Å². The Morgan fingerprint density at radius 3 is 2.11 bits per heavy atom. The van der Waals surface area contributed by atoms with Crippen LogP contribution in [0.2, 0.25) is 0 Å². The highest BCUT2D eigenvalue weighted by molar-refractivity contribution is 5.47. The first-order valence-corrected chi connectivity index (χ1v) is 7.60. The van der Waals surface area contributed by atoms with Crippen molar-refractivity contribution >= 4 is 0 Å². The Kier molecular flexibility index (Phi) is 4.06. The summed E-state index contributed by atoms with van der Waals surface area (Å²) < 4.78 is 0. The Morgan fingerprint density at radius 1 is 1.11 bits per heavy atom. The summed E-state index contributed by atoms with van der Waals surface area (Å²) in [4.78, 5) is 2.46. The lowest BCUT2D eigenvalue weighted by molar-refractivity contribution is 0.131. The van der Waals surface area contributed by atoms with Crippen molar-refractivity contribution in [1.29, 1.82) is 0 Å². The van der Waals surface area contributed by atoms with Gasteiger partial charge in [0, 0.05) is 0 Å². The summed E-state index contributed by atoms with van der Waals surface area (Å²) in [6.45, 7) is 17.7. The Morgan fingerprint density at radius 2 is 1.63 bits per heavy atom. The summed E-state index contributed by atoms with van der Waals surface area (Å²) in [7, 11) is 2.24. The van der Waals surface area contributed by atoms with Gasteiger partial charge in [-0.2, -0.15) is 0 Å². The molecule has 0 aromatic heterocycles. The van der Waals surface area contributed by atoms with E-state index in [0.717, 1.165) is 0 Å². The van der Waals surface area contributed by atoms with Crippen LogP contribution in [0.25, 0.3) is 0 Å². The minimum Gasteiger partial charge on any atom is -0.306 e. The summed E-state index contributed by atoms with van der Waals surface area (Å²) in [5.74, 6) is 0.547. The van der Waals surface area contributed by atoms with Crippen LogP contribution >= 0.6 is 0 Å². The average molecular weight is 259 g/mol. The second kappa shape index (κ2) is 5.28. The van der Waals surface area contributed by atoms with Gasteiger partial charge in [0.2, 0.25) is 0 Å². The summed E-state index contributed by atoms with van der Waals surface area (Å²) in [6, 6.07) is 0. The van der Waals surface area contributed by atoms with Crippen molar-refractivity contribution in [3.05, 3.63) is 35.5 Å². The molecule has 2 aliphatic rings. The molecule has 1 nitrogen and oxygen atoms in total. The van der Waals surface area contributed by atoms with Crippen molar-refractivity contribution in [2.75, 3.05) is 20.1 Å². The number of hydrogen-bond acceptors (Lipinski definition) is 1. The van der Waals surface area contributed by atoms with Crippen molar-refractivity contribution in [2.24, 2.45) is 11.3 Å². The number of likely N-dealkylation sites (tertiary alicyclic amines) is 1. The molecule has 0 N–H and O–H groups in total. The van der Waals surface area contributed by atoms with Gasteiger partial charge in [0.25, 0.3) is 0 Å². The predicted octanol–water partition coefficient (Wildman–Crippen LogP) is 4.58. The molecular formula is C18H29N. The average Bonchev–Trinajstić information content (AvgIpc) is 2.72. The van der Waals surface area contributed by atoms with Gasteiger partial charge in [-0.1, -0.05) is 32.6 Å². The fourth-order valence-electron chi connectivity index (χ4n) is 3.54. The Hall–Kier alpha value is -0.820. The molecule has 106 valence electrons. The van der Waals surface area contributed by atoms with Gasteiger partial charge in [-0.3, -0.25) is 0 Å². The van der Waals surface area contributed by atoms with Crippen LogP contribution in [0.5, 0.6) is 0 Å². The summed E-state index contributed by atoms with van der Waals surface area (Å²) in [6.07, 6.45) is 5.13. The smallest absolute Gasteiger partial charge is 0.00163 e. The standard InChI is InChI=1S/C18H29N/c1-13(2)15(5)17-12-18(11-16(17)14(3)4)7-9-19(6)10-8-18/h13H,3,5,7-12H2,1-2,4,6H3. The van der Waals surface area contributed by atoms with E-state index in [2.05, 4.69) is 45.9 Å². The second-order valence-corrected chi connectivity index (χ2v) is 7.07. The number of nitrogens with zero attached hydrogens (tertiary/aromatic N) is 1. The van der Waals surface area contributed by atoms with Crippen molar-refractivity contribution in [1.82, 2.24) is 4.90 Å². The van der Waals surface area contributed by atoms with E-state index in [1.807, 2.05) is 0 Å². The maximum absolute atomic E-state index is 4.35. The molecule has 1 aliphatic carbocycles. The third-order valence-electron chi connectivity index (χ3n) is 5.12. The Labute approximate surface area is 119 Å². The highest BCUT2D eigenvalue weighted by Gasteiger charge is 2.41. The van der Waals surface area contributed by atoms with Gasteiger partial charge < -0.3 is 4.90 Å². The molecule has 1 fully saturated rings. The molecule has 0 radical (unpaired) electrons. The van der Waals surface area contributed by atoms with E-state index < -0.39 is 0 Å². The van der Waals surface area contributed by atoms with Crippen molar-refractivity contribution in [3.63, 3.8) is 0 Å². The topological polar surface area (TPSA) is 3.24 Å². The Bertz CT molecular complexity index is 417. The molecule has 0 atom stereocenters. The molecule has 1 saturated heterocycles. The molecule has 1 aliphatic heterocycles. The van der Waals surface area contributed by atoms with Crippen LogP contribution in [0.4, 0.5) is 0 Å². The van der Waals surface area contributed by atoms with Crippen molar-refractivity contribution < 1.29 is 0 Å². The lowest BCUT2D eigenvalue weighted by atomic mass is 9.74. The molecule has 0 saturated carbocycles. The SMILES string of the molecule is C=C(C)C1=C(C(=C)C(C)C)CC2(CCN(C)CC2)C1. The lowest BCUT2D eigenvalue weighted by Crippen LogP contribution is -2.36. The first kappa shape index (κ1) is 14.6. The van der Waals surface area contributed by atoms with E-state index >= 15 is 0 Å². The van der Waals surface area contributed by atoms with Crippen molar-refractivity contribution in [3.8, 4) is 0 Å². The van der Waals surface area contributed by atoms with E-state index in [9.17, 15) is 0 Å². The van der Waals surface area contributed by atoms with Crippen LogP contribution in [-0.2, 0) is 0 Å². The third kappa shape index (κ3) is 2.86. The van der Waals surface area contributed by atoms with Gasteiger partial charge in [-0.15, -0.1) is 0 Å².